The quantitative estimate of drug-likeness (QED) is 0.585. The Kier molecular flexibility index (Phi) is 3.04. The minimum absolute atomic E-state index is 0.529. The minimum Gasteiger partial charge on any atom is -0.231 e. The molecule has 2 nitrogen and oxygen atoms in total. The molecule has 0 aliphatic rings. The molecular formula is C9H6ClIN2S. The molecule has 2 aromatic heterocycles. The van der Waals surface area contributed by atoms with E-state index in [1.165, 1.54) is 0 Å². The van der Waals surface area contributed by atoms with Crippen LogP contribution in [0, 0.1) is 10.5 Å². The molecule has 5 heteroatoms. The first-order chi connectivity index (χ1) is 6.68. The van der Waals surface area contributed by atoms with Gasteiger partial charge in [-0.25, -0.2) is 9.97 Å². The summed E-state index contributed by atoms with van der Waals surface area (Å²) in [5.41, 5.74) is 0.925. The zero-order valence-electron chi connectivity index (χ0n) is 7.29. The number of rotatable bonds is 1. The maximum absolute atomic E-state index is 5.98. The maximum Gasteiger partial charge on any atom is 0.171 e. The zero-order chi connectivity index (χ0) is 10.1. The number of aryl methyl sites for hydroxylation is 1. The predicted octanol–water partition coefficient (Wildman–Crippen LogP) is 3.77. The molecule has 0 aliphatic heterocycles. The Labute approximate surface area is 104 Å². The topological polar surface area (TPSA) is 25.8 Å². The van der Waals surface area contributed by atoms with Crippen LogP contribution in [0.15, 0.2) is 17.5 Å². The van der Waals surface area contributed by atoms with Crippen LogP contribution in [0.3, 0.4) is 0 Å². The second kappa shape index (κ2) is 4.12. The summed E-state index contributed by atoms with van der Waals surface area (Å²) in [4.78, 5) is 9.66. The minimum atomic E-state index is 0.529. The fourth-order valence-electron chi connectivity index (χ4n) is 1.04. The van der Waals surface area contributed by atoms with Crippen LogP contribution in [0.2, 0.25) is 5.15 Å². The van der Waals surface area contributed by atoms with Gasteiger partial charge in [0, 0.05) is 0 Å². The van der Waals surface area contributed by atoms with Crippen LogP contribution in [0.5, 0.6) is 0 Å². The van der Waals surface area contributed by atoms with E-state index in [0.29, 0.717) is 11.0 Å². The van der Waals surface area contributed by atoms with Crippen LogP contribution in [0.4, 0.5) is 0 Å². The highest BCUT2D eigenvalue weighted by Crippen LogP contribution is 2.25. The van der Waals surface area contributed by atoms with E-state index in [4.69, 9.17) is 11.6 Å². The Hall–Kier alpha value is -0.200. The lowest BCUT2D eigenvalue weighted by Crippen LogP contribution is -1.94. The van der Waals surface area contributed by atoms with Gasteiger partial charge in [0.15, 0.2) is 5.82 Å². The first-order valence-corrected chi connectivity index (χ1v) is 6.25. The SMILES string of the molecule is Cc1nc(-c2cccs2)nc(Cl)c1I. The first kappa shape index (κ1) is 10.3. The lowest BCUT2D eigenvalue weighted by molar-refractivity contribution is 1.10. The van der Waals surface area contributed by atoms with E-state index in [2.05, 4.69) is 32.6 Å². The molecule has 2 rings (SSSR count). The van der Waals surface area contributed by atoms with E-state index in [1.807, 2.05) is 24.4 Å². The number of halogens is 2. The van der Waals surface area contributed by atoms with Crippen molar-refractivity contribution in [3.63, 3.8) is 0 Å². The molecular weight excluding hydrogens is 331 g/mol. The fraction of sp³-hybridized carbons (Fsp3) is 0.111. The van der Waals surface area contributed by atoms with Gasteiger partial charge < -0.3 is 0 Å². The molecule has 0 unspecified atom stereocenters. The van der Waals surface area contributed by atoms with Gasteiger partial charge in [0.25, 0.3) is 0 Å². The Morgan fingerprint density at radius 2 is 2.21 bits per heavy atom. The van der Waals surface area contributed by atoms with Crippen molar-refractivity contribution < 1.29 is 0 Å². The van der Waals surface area contributed by atoms with Gasteiger partial charge in [0.2, 0.25) is 0 Å². The smallest absolute Gasteiger partial charge is 0.171 e. The molecule has 0 atom stereocenters. The molecule has 0 amide bonds. The highest BCUT2D eigenvalue weighted by atomic mass is 127. The van der Waals surface area contributed by atoms with E-state index in [0.717, 1.165) is 14.1 Å². The third-order valence-corrected chi connectivity index (χ3v) is 4.47. The molecule has 0 saturated carbocycles. The van der Waals surface area contributed by atoms with Crippen LogP contribution in [0.25, 0.3) is 10.7 Å². The molecule has 0 aliphatic carbocycles. The van der Waals surface area contributed by atoms with Crippen molar-refractivity contribution in [2.45, 2.75) is 6.92 Å². The van der Waals surface area contributed by atoms with E-state index in [-0.39, 0.29) is 0 Å². The summed E-state index contributed by atoms with van der Waals surface area (Å²) >= 11 is 9.75. The van der Waals surface area contributed by atoms with Crippen LogP contribution in [-0.4, -0.2) is 9.97 Å². The average molecular weight is 337 g/mol. The molecule has 0 aromatic carbocycles. The van der Waals surface area contributed by atoms with Gasteiger partial charge in [0.1, 0.15) is 5.15 Å². The van der Waals surface area contributed by atoms with Crippen molar-refractivity contribution in [1.82, 2.24) is 9.97 Å². The number of nitrogens with zero attached hydrogens (tertiary/aromatic N) is 2. The van der Waals surface area contributed by atoms with Crippen LogP contribution in [0.1, 0.15) is 5.69 Å². The van der Waals surface area contributed by atoms with Gasteiger partial charge in [-0.1, -0.05) is 17.7 Å². The van der Waals surface area contributed by atoms with Gasteiger partial charge in [-0.2, -0.15) is 0 Å². The molecule has 2 heterocycles. The molecule has 0 N–H and O–H groups in total. The summed E-state index contributed by atoms with van der Waals surface area (Å²) < 4.78 is 0.921. The standard InChI is InChI=1S/C9H6ClIN2S/c1-5-7(11)8(10)13-9(12-5)6-3-2-4-14-6/h2-4H,1H3. The first-order valence-electron chi connectivity index (χ1n) is 3.92. The summed E-state index contributed by atoms with van der Waals surface area (Å²) in [6.45, 7) is 1.94. The van der Waals surface area contributed by atoms with E-state index in [9.17, 15) is 0 Å². The highest BCUT2D eigenvalue weighted by molar-refractivity contribution is 14.1. The average Bonchev–Trinajstić information content (AvgIpc) is 2.66. The second-order valence-electron chi connectivity index (χ2n) is 2.71. The van der Waals surface area contributed by atoms with Crippen molar-refractivity contribution in [2.24, 2.45) is 0 Å². The lowest BCUT2D eigenvalue weighted by Gasteiger charge is -2.02. The summed E-state index contributed by atoms with van der Waals surface area (Å²) in [5.74, 6) is 0.711. The summed E-state index contributed by atoms with van der Waals surface area (Å²) in [5, 5.41) is 2.53. The van der Waals surface area contributed by atoms with E-state index < -0.39 is 0 Å². The lowest BCUT2D eigenvalue weighted by atomic mass is 10.4. The molecule has 2 aromatic rings. The molecule has 0 spiro atoms. The van der Waals surface area contributed by atoms with E-state index in [1.54, 1.807) is 11.3 Å². The third-order valence-electron chi connectivity index (χ3n) is 1.72. The molecule has 14 heavy (non-hydrogen) atoms. The van der Waals surface area contributed by atoms with Gasteiger partial charge in [-0.15, -0.1) is 11.3 Å². The van der Waals surface area contributed by atoms with Crippen LogP contribution in [-0.2, 0) is 0 Å². The van der Waals surface area contributed by atoms with Crippen molar-refractivity contribution >= 4 is 45.5 Å². The largest absolute Gasteiger partial charge is 0.231 e. The Morgan fingerprint density at radius 3 is 2.79 bits per heavy atom. The molecule has 0 radical (unpaired) electrons. The summed E-state index contributed by atoms with van der Waals surface area (Å²) in [6, 6.07) is 3.97. The normalized spacial score (nSPS) is 10.5. The summed E-state index contributed by atoms with van der Waals surface area (Å²) in [7, 11) is 0. The maximum atomic E-state index is 5.98. The molecule has 72 valence electrons. The third kappa shape index (κ3) is 1.92. The fourth-order valence-corrected chi connectivity index (χ4v) is 2.16. The Morgan fingerprint density at radius 1 is 1.43 bits per heavy atom. The van der Waals surface area contributed by atoms with Gasteiger partial charge >= 0.3 is 0 Å². The van der Waals surface area contributed by atoms with E-state index >= 15 is 0 Å². The second-order valence-corrected chi connectivity index (χ2v) is 5.10. The van der Waals surface area contributed by atoms with Crippen molar-refractivity contribution in [3.8, 4) is 10.7 Å². The van der Waals surface area contributed by atoms with Crippen molar-refractivity contribution in [1.29, 1.82) is 0 Å². The Bertz CT molecular complexity index is 433. The monoisotopic (exact) mass is 336 g/mol. The number of hydrogen-bond acceptors (Lipinski definition) is 3. The Balaban J connectivity index is 2.57. The number of thiophene rings is 1. The van der Waals surface area contributed by atoms with Crippen LogP contribution >= 0.6 is 45.5 Å². The molecule has 0 saturated heterocycles. The zero-order valence-corrected chi connectivity index (χ0v) is 11.0. The van der Waals surface area contributed by atoms with Crippen molar-refractivity contribution in [2.75, 3.05) is 0 Å². The molecule has 0 fully saturated rings. The molecule has 0 bridgehead atoms. The number of hydrogen-bond donors (Lipinski definition) is 0. The highest BCUT2D eigenvalue weighted by Gasteiger charge is 2.09. The van der Waals surface area contributed by atoms with Crippen molar-refractivity contribution in [3.05, 3.63) is 31.9 Å². The van der Waals surface area contributed by atoms with Gasteiger partial charge in [-0.05, 0) is 41.0 Å². The predicted molar refractivity (Wildman–Crippen MR) is 67.8 cm³/mol. The number of aromatic nitrogens is 2. The van der Waals surface area contributed by atoms with Gasteiger partial charge in [0.05, 0.1) is 14.1 Å². The van der Waals surface area contributed by atoms with Crippen LogP contribution < -0.4 is 0 Å². The summed E-state index contributed by atoms with van der Waals surface area (Å²) in [6.07, 6.45) is 0. The van der Waals surface area contributed by atoms with Gasteiger partial charge in [-0.3, -0.25) is 0 Å².